The van der Waals surface area contributed by atoms with Gasteiger partial charge < -0.3 is 14.9 Å². The SMILES string of the molecule is CCC(CC)(c1ccc(OCC(C)(O)C(C)(C)C)c(C)c1)c1cc(C)c(C(=O)O)s1. The van der Waals surface area contributed by atoms with Crippen LogP contribution in [0.15, 0.2) is 24.3 Å². The van der Waals surface area contributed by atoms with Crippen LogP contribution in [0.25, 0.3) is 0 Å². The predicted molar refractivity (Wildman–Crippen MR) is 124 cm³/mol. The maximum absolute atomic E-state index is 11.6. The Morgan fingerprint density at radius 3 is 2.07 bits per heavy atom. The highest BCUT2D eigenvalue weighted by atomic mass is 32.1. The summed E-state index contributed by atoms with van der Waals surface area (Å²) < 4.78 is 6.00. The van der Waals surface area contributed by atoms with Crippen LogP contribution in [-0.2, 0) is 5.41 Å². The van der Waals surface area contributed by atoms with E-state index in [0.717, 1.165) is 40.2 Å². The fourth-order valence-corrected chi connectivity index (χ4v) is 4.99. The molecule has 0 amide bonds. The quantitative estimate of drug-likeness (QED) is 0.510. The fraction of sp³-hybridized carbons (Fsp3) is 0.560. The van der Waals surface area contributed by atoms with Crippen molar-refractivity contribution in [2.45, 2.75) is 79.2 Å². The Morgan fingerprint density at radius 2 is 1.63 bits per heavy atom. The van der Waals surface area contributed by atoms with Crippen molar-refractivity contribution in [1.29, 1.82) is 0 Å². The summed E-state index contributed by atoms with van der Waals surface area (Å²) in [6.07, 6.45) is 1.75. The zero-order valence-corrected chi connectivity index (χ0v) is 20.4. The number of aliphatic hydroxyl groups is 1. The van der Waals surface area contributed by atoms with Gasteiger partial charge in [-0.25, -0.2) is 4.79 Å². The normalized spacial score (nSPS) is 14.4. The van der Waals surface area contributed by atoms with Crippen LogP contribution < -0.4 is 4.74 Å². The van der Waals surface area contributed by atoms with Crippen LogP contribution in [0.5, 0.6) is 5.75 Å². The minimum atomic E-state index is -0.948. The molecule has 1 heterocycles. The predicted octanol–water partition coefficient (Wildman–Crippen LogP) is 6.35. The average molecular weight is 433 g/mol. The van der Waals surface area contributed by atoms with Gasteiger partial charge in [-0.2, -0.15) is 0 Å². The molecule has 0 aliphatic rings. The topological polar surface area (TPSA) is 66.8 Å². The summed E-state index contributed by atoms with van der Waals surface area (Å²) in [5.74, 6) is -0.103. The number of rotatable bonds is 8. The molecule has 0 saturated heterocycles. The number of ether oxygens (including phenoxy) is 1. The molecule has 2 aromatic rings. The van der Waals surface area contributed by atoms with E-state index < -0.39 is 11.6 Å². The molecule has 1 unspecified atom stereocenters. The molecule has 2 rings (SSSR count). The third-order valence-electron chi connectivity index (χ3n) is 6.64. The molecule has 0 spiro atoms. The van der Waals surface area contributed by atoms with Gasteiger partial charge in [-0.15, -0.1) is 11.3 Å². The molecule has 30 heavy (non-hydrogen) atoms. The summed E-state index contributed by atoms with van der Waals surface area (Å²) in [5, 5.41) is 20.2. The van der Waals surface area contributed by atoms with E-state index in [1.54, 1.807) is 6.92 Å². The van der Waals surface area contributed by atoms with E-state index >= 15 is 0 Å². The largest absolute Gasteiger partial charge is 0.490 e. The van der Waals surface area contributed by atoms with Gasteiger partial charge in [0.25, 0.3) is 0 Å². The smallest absolute Gasteiger partial charge is 0.346 e. The molecule has 0 radical (unpaired) electrons. The van der Waals surface area contributed by atoms with Gasteiger partial charge in [0.1, 0.15) is 22.8 Å². The van der Waals surface area contributed by atoms with Gasteiger partial charge in [-0.05, 0) is 67.9 Å². The van der Waals surface area contributed by atoms with Crippen molar-refractivity contribution in [2.24, 2.45) is 5.41 Å². The highest BCUT2D eigenvalue weighted by molar-refractivity contribution is 7.14. The van der Waals surface area contributed by atoms with Crippen LogP contribution in [0.3, 0.4) is 0 Å². The average Bonchev–Trinajstić information content (AvgIpc) is 3.04. The van der Waals surface area contributed by atoms with E-state index in [9.17, 15) is 15.0 Å². The molecule has 4 nitrogen and oxygen atoms in total. The van der Waals surface area contributed by atoms with Gasteiger partial charge in [-0.1, -0.05) is 46.8 Å². The van der Waals surface area contributed by atoms with E-state index in [-0.39, 0.29) is 17.4 Å². The van der Waals surface area contributed by atoms with Crippen LogP contribution in [0.4, 0.5) is 0 Å². The standard InChI is InChI=1S/C25H36O4S/c1-9-25(10-2,20-14-17(4)21(30-20)22(26)27)18-11-12-19(16(3)13-18)29-15-24(8,28)23(5,6)7/h11-14,28H,9-10,15H2,1-8H3,(H,26,27). The highest BCUT2D eigenvalue weighted by Crippen LogP contribution is 2.44. The second-order valence-electron chi connectivity index (χ2n) is 9.51. The molecule has 5 heteroatoms. The van der Waals surface area contributed by atoms with Crippen LogP contribution in [-0.4, -0.2) is 28.4 Å². The van der Waals surface area contributed by atoms with E-state index in [1.165, 1.54) is 11.3 Å². The maximum atomic E-state index is 11.6. The van der Waals surface area contributed by atoms with Crippen molar-refractivity contribution in [3.05, 3.63) is 50.7 Å². The molecule has 0 aliphatic carbocycles. The molecule has 0 fully saturated rings. The van der Waals surface area contributed by atoms with E-state index in [2.05, 4.69) is 26.0 Å². The Labute approximate surface area is 184 Å². The molecular formula is C25H36O4S. The Kier molecular flexibility index (Phi) is 7.10. The minimum absolute atomic E-state index is 0.218. The maximum Gasteiger partial charge on any atom is 0.346 e. The van der Waals surface area contributed by atoms with E-state index in [1.807, 2.05) is 46.8 Å². The number of hydrogen-bond donors (Lipinski definition) is 2. The molecule has 0 saturated carbocycles. The molecule has 1 aromatic carbocycles. The molecule has 1 atom stereocenters. The third kappa shape index (κ3) is 4.57. The highest BCUT2D eigenvalue weighted by Gasteiger charge is 2.37. The minimum Gasteiger partial charge on any atom is -0.490 e. The Bertz CT molecular complexity index is 898. The van der Waals surface area contributed by atoms with Gasteiger partial charge in [0.2, 0.25) is 0 Å². The number of benzene rings is 1. The molecule has 2 N–H and O–H groups in total. The van der Waals surface area contributed by atoms with Crippen molar-refractivity contribution in [3.63, 3.8) is 0 Å². The van der Waals surface area contributed by atoms with Crippen molar-refractivity contribution in [3.8, 4) is 5.75 Å². The number of hydrogen-bond acceptors (Lipinski definition) is 4. The summed E-state index contributed by atoms with van der Waals surface area (Å²) >= 11 is 1.38. The lowest BCUT2D eigenvalue weighted by atomic mass is 9.74. The lowest BCUT2D eigenvalue weighted by Gasteiger charge is -2.37. The zero-order chi connectivity index (χ0) is 22.9. The third-order valence-corrected chi connectivity index (χ3v) is 8.07. The van der Waals surface area contributed by atoms with Crippen LogP contribution in [0.2, 0.25) is 0 Å². The Morgan fingerprint density at radius 1 is 1.03 bits per heavy atom. The first kappa shape index (κ1) is 24.4. The van der Waals surface area contributed by atoms with Crippen molar-refractivity contribution < 1.29 is 19.7 Å². The number of carboxylic acids is 1. The number of thiophene rings is 1. The summed E-state index contributed by atoms with van der Waals surface area (Å²) in [5.41, 5.74) is 1.52. The number of carbonyl (C=O) groups is 1. The van der Waals surface area contributed by atoms with Crippen molar-refractivity contribution in [1.82, 2.24) is 0 Å². The second-order valence-corrected chi connectivity index (χ2v) is 10.6. The summed E-state index contributed by atoms with van der Waals surface area (Å²) in [4.78, 5) is 13.1. The Hall–Kier alpha value is -1.85. The molecular weight excluding hydrogens is 396 g/mol. The van der Waals surface area contributed by atoms with Gasteiger partial charge in [0.15, 0.2) is 0 Å². The van der Waals surface area contributed by atoms with Crippen LogP contribution >= 0.6 is 11.3 Å². The lowest BCUT2D eigenvalue weighted by molar-refractivity contribution is -0.0725. The monoisotopic (exact) mass is 432 g/mol. The first-order valence-electron chi connectivity index (χ1n) is 10.6. The zero-order valence-electron chi connectivity index (χ0n) is 19.5. The van der Waals surface area contributed by atoms with Gasteiger partial charge >= 0.3 is 5.97 Å². The van der Waals surface area contributed by atoms with Crippen LogP contribution in [0.1, 0.15) is 85.6 Å². The Balaban J connectivity index is 2.40. The number of aryl methyl sites for hydroxylation is 2. The van der Waals surface area contributed by atoms with Crippen molar-refractivity contribution >= 4 is 17.3 Å². The van der Waals surface area contributed by atoms with E-state index in [0.29, 0.717) is 4.88 Å². The molecule has 0 aliphatic heterocycles. The summed E-state index contributed by atoms with van der Waals surface area (Å²) in [6, 6.07) is 8.23. The second kappa shape index (κ2) is 8.72. The molecule has 166 valence electrons. The summed E-state index contributed by atoms with van der Waals surface area (Å²) in [6.45, 7) is 16.2. The first-order valence-corrected chi connectivity index (χ1v) is 11.4. The molecule has 1 aromatic heterocycles. The summed E-state index contributed by atoms with van der Waals surface area (Å²) in [7, 11) is 0. The molecule has 0 bridgehead atoms. The van der Waals surface area contributed by atoms with Crippen molar-refractivity contribution in [2.75, 3.05) is 6.61 Å². The van der Waals surface area contributed by atoms with Gasteiger partial charge in [0.05, 0.1) is 0 Å². The lowest BCUT2D eigenvalue weighted by Crippen LogP contribution is -2.45. The van der Waals surface area contributed by atoms with E-state index in [4.69, 9.17) is 4.74 Å². The van der Waals surface area contributed by atoms with Crippen LogP contribution in [0, 0.1) is 19.3 Å². The van der Waals surface area contributed by atoms with Gasteiger partial charge in [-0.3, -0.25) is 0 Å². The number of carboxylic acid groups (broad SMARTS) is 1. The first-order chi connectivity index (χ1) is 13.8. The van der Waals surface area contributed by atoms with Gasteiger partial charge in [0, 0.05) is 10.3 Å². The fourth-order valence-electron chi connectivity index (χ4n) is 3.62. The number of aromatic carboxylic acids is 1.